The molecule has 3 rings (SSSR count). The summed E-state index contributed by atoms with van der Waals surface area (Å²) in [7, 11) is 0. The Labute approximate surface area is 229 Å². The Bertz CT molecular complexity index is 1080. The molecule has 0 bridgehead atoms. The van der Waals surface area contributed by atoms with E-state index in [1.807, 2.05) is 48.5 Å². The maximum absolute atomic E-state index is 13.3. The van der Waals surface area contributed by atoms with Crippen LogP contribution in [0.3, 0.4) is 0 Å². The summed E-state index contributed by atoms with van der Waals surface area (Å²) in [5.74, 6) is -0.00617. The molecule has 0 spiro atoms. The summed E-state index contributed by atoms with van der Waals surface area (Å²) in [6, 6.07) is 13.2. The predicted octanol–water partition coefficient (Wildman–Crippen LogP) is 0.0451. The van der Waals surface area contributed by atoms with Gasteiger partial charge >= 0.3 is 0 Å². The average Bonchev–Trinajstić information content (AvgIpc) is 3.20. The standard InChI is InChI=1S/C28H40N6O5/c29-12-14-34(15-13-30)25(35)18-22(31)27(36)33-23(11-10-20-6-2-1-3-7-20)28(37)32-19-21-8-4-9-24-26(21)39-17-5-16-38-24/h1-4,6-9,22-23H,5,10-19,29-31H2,(H,32,37)(H,33,36)/t22-,23-/m0/s1. The number of para-hydroxylation sites is 1. The summed E-state index contributed by atoms with van der Waals surface area (Å²) in [5.41, 5.74) is 19.0. The molecule has 39 heavy (non-hydrogen) atoms. The number of aryl methyl sites for hydroxylation is 1. The fraction of sp³-hybridized carbons (Fsp3) is 0.464. The average molecular weight is 541 g/mol. The van der Waals surface area contributed by atoms with Crippen LogP contribution in [0, 0.1) is 0 Å². The molecule has 1 aliphatic heterocycles. The van der Waals surface area contributed by atoms with Gasteiger partial charge in [0.1, 0.15) is 6.04 Å². The minimum atomic E-state index is -1.13. The molecule has 0 saturated heterocycles. The third-order valence-electron chi connectivity index (χ3n) is 6.39. The van der Waals surface area contributed by atoms with Crippen LogP contribution in [-0.4, -0.2) is 74.1 Å². The highest BCUT2D eigenvalue weighted by molar-refractivity contribution is 5.92. The van der Waals surface area contributed by atoms with E-state index in [0.717, 1.165) is 17.5 Å². The van der Waals surface area contributed by atoms with Crippen molar-refractivity contribution in [1.82, 2.24) is 15.5 Å². The molecule has 212 valence electrons. The second kappa shape index (κ2) is 15.7. The fourth-order valence-electron chi connectivity index (χ4n) is 4.28. The number of amides is 3. The van der Waals surface area contributed by atoms with Gasteiger partial charge in [0, 0.05) is 44.7 Å². The molecule has 11 nitrogen and oxygen atoms in total. The maximum atomic E-state index is 13.3. The number of ether oxygens (including phenoxy) is 2. The summed E-state index contributed by atoms with van der Waals surface area (Å²) in [5, 5.41) is 5.66. The zero-order valence-corrected chi connectivity index (χ0v) is 22.3. The number of nitrogens with two attached hydrogens (primary N) is 3. The molecule has 0 aromatic heterocycles. The molecule has 1 aliphatic rings. The van der Waals surface area contributed by atoms with Crippen LogP contribution in [0.15, 0.2) is 48.5 Å². The molecular weight excluding hydrogens is 500 g/mol. The van der Waals surface area contributed by atoms with Gasteiger partial charge in [-0.3, -0.25) is 14.4 Å². The number of carbonyl (C=O) groups excluding carboxylic acids is 3. The van der Waals surface area contributed by atoms with E-state index < -0.39 is 18.0 Å². The topological polar surface area (TPSA) is 175 Å². The van der Waals surface area contributed by atoms with Gasteiger partial charge in [-0.05, 0) is 24.5 Å². The van der Waals surface area contributed by atoms with E-state index in [2.05, 4.69) is 10.6 Å². The zero-order valence-electron chi connectivity index (χ0n) is 22.3. The third kappa shape index (κ3) is 9.24. The van der Waals surface area contributed by atoms with E-state index in [4.69, 9.17) is 26.7 Å². The van der Waals surface area contributed by atoms with Crippen LogP contribution in [0.4, 0.5) is 0 Å². The van der Waals surface area contributed by atoms with Gasteiger partial charge in [0.25, 0.3) is 0 Å². The van der Waals surface area contributed by atoms with Gasteiger partial charge in [0.05, 0.1) is 25.7 Å². The first kappa shape index (κ1) is 29.9. The first-order valence-corrected chi connectivity index (χ1v) is 13.4. The Morgan fingerprint density at radius 2 is 1.64 bits per heavy atom. The number of fused-ring (bicyclic) bond motifs is 1. The van der Waals surface area contributed by atoms with Gasteiger partial charge in [0.2, 0.25) is 17.7 Å². The summed E-state index contributed by atoms with van der Waals surface area (Å²) in [6.07, 6.45) is 1.46. The Morgan fingerprint density at radius 3 is 2.36 bits per heavy atom. The Hall–Kier alpha value is -3.67. The van der Waals surface area contributed by atoms with Crippen molar-refractivity contribution in [1.29, 1.82) is 0 Å². The molecule has 0 unspecified atom stereocenters. The lowest BCUT2D eigenvalue weighted by molar-refractivity contribution is -0.135. The number of carbonyl (C=O) groups is 3. The van der Waals surface area contributed by atoms with Gasteiger partial charge < -0.3 is 42.2 Å². The number of hydrogen-bond acceptors (Lipinski definition) is 8. The molecule has 2 atom stereocenters. The maximum Gasteiger partial charge on any atom is 0.242 e. The van der Waals surface area contributed by atoms with E-state index in [9.17, 15) is 14.4 Å². The molecule has 0 saturated carbocycles. The summed E-state index contributed by atoms with van der Waals surface area (Å²) in [6.45, 7) is 2.48. The van der Waals surface area contributed by atoms with Gasteiger partial charge in [0.15, 0.2) is 11.5 Å². The molecule has 0 radical (unpaired) electrons. The smallest absolute Gasteiger partial charge is 0.242 e. The summed E-state index contributed by atoms with van der Waals surface area (Å²) >= 11 is 0. The first-order chi connectivity index (χ1) is 18.9. The van der Waals surface area contributed by atoms with Crippen molar-refractivity contribution in [2.45, 2.75) is 44.3 Å². The van der Waals surface area contributed by atoms with Crippen molar-refractivity contribution < 1.29 is 23.9 Å². The lowest BCUT2D eigenvalue weighted by Gasteiger charge is -2.24. The third-order valence-corrected chi connectivity index (χ3v) is 6.39. The van der Waals surface area contributed by atoms with Crippen molar-refractivity contribution >= 4 is 17.7 Å². The largest absolute Gasteiger partial charge is 0.490 e. The molecule has 2 aromatic rings. The van der Waals surface area contributed by atoms with Crippen molar-refractivity contribution in [2.75, 3.05) is 39.4 Å². The Kier molecular flexibility index (Phi) is 12.0. The highest BCUT2D eigenvalue weighted by Crippen LogP contribution is 2.33. The van der Waals surface area contributed by atoms with Gasteiger partial charge in [-0.2, -0.15) is 0 Å². The molecule has 1 heterocycles. The lowest BCUT2D eigenvalue weighted by atomic mass is 10.0. The number of benzene rings is 2. The summed E-state index contributed by atoms with van der Waals surface area (Å²) < 4.78 is 11.6. The minimum Gasteiger partial charge on any atom is -0.490 e. The van der Waals surface area contributed by atoms with Gasteiger partial charge in [-0.1, -0.05) is 42.5 Å². The zero-order chi connectivity index (χ0) is 28.0. The molecule has 11 heteroatoms. The van der Waals surface area contributed by atoms with Crippen LogP contribution in [0.5, 0.6) is 11.5 Å². The van der Waals surface area contributed by atoms with Crippen LogP contribution in [0.2, 0.25) is 0 Å². The molecule has 0 aliphatic carbocycles. The summed E-state index contributed by atoms with van der Waals surface area (Å²) in [4.78, 5) is 40.4. The quantitative estimate of drug-likeness (QED) is 0.223. The van der Waals surface area contributed by atoms with E-state index in [-0.39, 0.29) is 37.9 Å². The highest BCUT2D eigenvalue weighted by atomic mass is 16.5. The van der Waals surface area contributed by atoms with Crippen LogP contribution in [0.25, 0.3) is 0 Å². The van der Waals surface area contributed by atoms with Crippen LogP contribution in [0.1, 0.15) is 30.4 Å². The van der Waals surface area contributed by atoms with E-state index >= 15 is 0 Å². The van der Waals surface area contributed by atoms with Crippen LogP contribution < -0.4 is 37.3 Å². The number of hydrogen-bond donors (Lipinski definition) is 5. The molecular formula is C28H40N6O5. The molecule has 0 fully saturated rings. The highest BCUT2D eigenvalue weighted by Gasteiger charge is 2.27. The monoisotopic (exact) mass is 540 g/mol. The molecule has 8 N–H and O–H groups in total. The van der Waals surface area contributed by atoms with Gasteiger partial charge in [-0.15, -0.1) is 0 Å². The van der Waals surface area contributed by atoms with Crippen molar-refractivity contribution in [3.63, 3.8) is 0 Å². The van der Waals surface area contributed by atoms with E-state index in [1.165, 1.54) is 4.90 Å². The fourth-order valence-corrected chi connectivity index (χ4v) is 4.28. The SMILES string of the molecule is NCCN(CCN)C(=O)C[C@H](N)C(=O)N[C@@H](CCc1ccccc1)C(=O)NCc1cccc2c1OCCCO2. The van der Waals surface area contributed by atoms with E-state index in [1.54, 1.807) is 0 Å². The normalized spacial score (nSPS) is 14.0. The first-order valence-electron chi connectivity index (χ1n) is 13.4. The number of nitrogens with one attached hydrogen (secondary N) is 2. The van der Waals surface area contributed by atoms with Crippen molar-refractivity contribution in [3.8, 4) is 11.5 Å². The Balaban J connectivity index is 1.66. The molecule has 3 amide bonds. The predicted molar refractivity (Wildman–Crippen MR) is 148 cm³/mol. The second-order valence-electron chi connectivity index (χ2n) is 9.37. The van der Waals surface area contributed by atoms with E-state index in [0.29, 0.717) is 50.6 Å². The second-order valence-corrected chi connectivity index (χ2v) is 9.37. The van der Waals surface area contributed by atoms with Crippen molar-refractivity contribution in [2.24, 2.45) is 17.2 Å². The number of nitrogens with zero attached hydrogens (tertiary/aromatic N) is 1. The van der Waals surface area contributed by atoms with Crippen molar-refractivity contribution in [3.05, 3.63) is 59.7 Å². The lowest BCUT2D eigenvalue weighted by Crippen LogP contribution is -2.53. The van der Waals surface area contributed by atoms with Crippen LogP contribution >= 0.6 is 0 Å². The molecule has 2 aromatic carbocycles. The number of rotatable bonds is 14. The van der Waals surface area contributed by atoms with Crippen LogP contribution in [-0.2, 0) is 27.3 Å². The minimum absolute atomic E-state index is 0.195. The Morgan fingerprint density at radius 1 is 0.923 bits per heavy atom. The van der Waals surface area contributed by atoms with Gasteiger partial charge in [-0.25, -0.2) is 0 Å².